The second-order valence-electron chi connectivity index (χ2n) is 5.82. The van der Waals surface area contributed by atoms with Gasteiger partial charge in [-0.25, -0.2) is 0 Å². The van der Waals surface area contributed by atoms with E-state index >= 15 is 0 Å². The van der Waals surface area contributed by atoms with Crippen LogP contribution in [0.5, 0.6) is 0 Å². The fourth-order valence-electron chi connectivity index (χ4n) is 1.88. The first kappa shape index (κ1) is 15.6. The Hall–Kier alpha value is -0.735. The van der Waals surface area contributed by atoms with Crippen LogP contribution in [0.25, 0.3) is 6.08 Å². The molecule has 0 radical (unpaired) electrons. The van der Waals surface area contributed by atoms with Gasteiger partial charge in [0.1, 0.15) is 10.9 Å². The van der Waals surface area contributed by atoms with Gasteiger partial charge in [0.25, 0.3) is 0 Å². The molecule has 1 aliphatic rings. The van der Waals surface area contributed by atoms with Gasteiger partial charge < -0.3 is 9.31 Å². The minimum absolute atomic E-state index is 0.355. The second kappa shape index (κ2) is 5.57. The molecule has 0 saturated carbocycles. The standard InChI is InChI=1S/C14H18BNO2S2/c1-13(2)14(3,4)18-15(17-13)11(8-19)5-10-6-12(7-16)20-9-10/h5-6,9,19H,8H2,1-4H3. The Morgan fingerprint density at radius 1 is 1.40 bits per heavy atom. The third-order valence-electron chi connectivity index (χ3n) is 3.82. The van der Waals surface area contributed by atoms with Crippen LogP contribution in [0, 0.1) is 11.3 Å². The van der Waals surface area contributed by atoms with Crippen LogP contribution in [-0.4, -0.2) is 24.1 Å². The molecule has 2 rings (SSSR count). The zero-order valence-corrected chi connectivity index (χ0v) is 13.8. The maximum absolute atomic E-state index is 8.87. The molecule has 1 aromatic heterocycles. The average Bonchev–Trinajstić information content (AvgIpc) is 2.89. The quantitative estimate of drug-likeness (QED) is 0.686. The predicted octanol–water partition coefficient (Wildman–Crippen LogP) is 3.56. The maximum Gasteiger partial charge on any atom is 0.491 e. The van der Waals surface area contributed by atoms with Crippen molar-refractivity contribution in [3.05, 3.63) is 27.4 Å². The molecule has 20 heavy (non-hydrogen) atoms. The molecule has 1 saturated heterocycles. The summed E-state index contributed by atoms with van der Waals surface area (Å²) in [7, 11) is -0.386. The van der Waals surface area contributed by atoms with Gasteiger partial charge in [-0.1, -0.05) is 6.08 Å². The van der Waals surface area contributed by atoms with Gasteiger partial charge >= 0.3 is 7.12 Å². The molecular weight excluding hydrogens is 289 g/mol. The predicted molar refractivity (Wildman–Crippen MR) is 86.9 cm³/mol. The summed E-state index contributed by atoms with van der Waals surface area (Å²) in [5, 5.41) is 10.8. The highest BCUT2D eigenvalue weighted by Gasteiger charge is 2.52. The molecule has 0 spiro atoms. The van der Waals surface area contributed by atoms with Crippen molar-refractivity contribution < 1.29 is 9.31 Å². The van der Waals surface area contributed by atoms with Gasteiger partial charge in [0.2, 0.25) is 0 Å². The molecule has 2 heterocycles. The van der Waals surface area contributed by atoms with Crippen molar-refractivity contribution in [3.63, 3.8) is 0 Å². The lowest BCUT2D eigenvalue weighted by molar-refractivity contribution is 0.00578. The number of hydrogen-bond donors (Lipinski definition) is 1. The number of nitriles is 1. The van der Waals surface area contributed by atoms with Crippen molar-refractivity contribution in [1.82, 2.24) is 0 Å². The van der Waals surface area contributed by atoms with E-state index in [0.717, 1.165) is 11.0 Å². The lowest BCUT2D eigenvalue weighted by atomic mass is 9.78. The molecule has 0 aromatic carbocycles. The monoisotopic (exact) mass is 307 g/mol. The maximum atomic E-state index is 8.87. The van der Waals surface area contributed by atoms with Gasteiger partial charge in [-0.05, 0) is 50.2 Å². The molecule has 0 atom stereocenters. The Morgan fingerprint density at radius 2 is 2.00 bits per heavy atom. The first-order valence-electron chi connectivity index (χ1n) is 6.44. The molecule has 1 fully saturated rings. The SMILES string of the molecule is CC1(C)OB(C(=Cc2csc(C#N)c2)CS)OC1(C)C. The summed E-state index contributed by atoms with van der Waals surface area (Å²) in [5.41, 5.74) is 1.25. The lowest BCUT2D eigenvalue weighted by Crippen LogP contribution is -2.41. The summed E-state index contributed by atoms with van der Waals surface area (Å²) in [6, 6.07) is 4.00. The minimum Gasteiger partial charge on any atom is -0.400 e. The molecule has 3 nitrogen and oxygen atoms in total. The largest absolute Gasteiger partial charge is 0.491 e. The molecule has 0 N–H and O–H groups in total. The topological polar surface area (TPSA) is 42.2 Å². The Kier molecular flexibility index (Phi) is 4.36. The van der Waals surface area contributed by atoms with E-state index in [1.807, 2.05) is 45.2 Å². The summed E-state index contributed by atoms with van der Waals surface area (Å²) in [6.07, 6.45) is 1.99. The van der Waals surface area contributed by atoms with Gasteiger partial charge in [0.05, 0.1) is 11.2 Å². The molecule has 0 unspecified atom stereocenters. The zero-order chi connectivity index (χ0) is 15.0. The summed E-state index contributed by atoms with van der Waals surface area (Å²) in [5.74, 6) is 0.550. The molecule has 1 aromatic rings. The van der Waals surface area contributed by atoms with E-state index in [0.29, 0.717) is 10.6 Å². The van der Waals surface area contributed by atoms with Crippen molar-refractivity contribution in [2.75, 3.05) is 5.75 Å². The summed E-state index contributed by atoms with van der Waals surface area (Å²) in [6.45, 7) is 8.12. The van der Waals surface area contributed by atoms with E-state index in [1.54, 1.807) is 0 Å². The van der Waals surface area contributed by atoms with Crippen molar-refractivity contribution in [1.29, 1.82) is 5.26 Å². The Morgan fingerprint density at radius 3 is 2.45 bits per heavy atom. The van der Waals surface area contributed by atoms with Gasteiger partial charge in [0, 0.05) is 5.75 Å². The van der Waals surface area contributed by atoms with Crippen LogP contribution in [0.15, 0.2) is 16.9 Å². The molecule has 0 amide bonds. The second-order valence-corrected chi connectivity index (χ2v) is 7.05. The van der Waals surface area contributed by atoms with Crippen LogP contribution in [0.1, 0.15) is 38.1 Å². The van der Waals surface area contributed by atoms with Gasteiger partial charge in [-0.3, -0.25) is 0 Å². The number of rotatable bonds is 3. The van der Waals surface area contributed by atoms with Gasteiger partial charge in [0.15, 0.2) is 0 Å². The lowest BCUT2D eigenvalue weighted by Gasteiger charge is -2.32. The van der Waals surface area contributed by atoms with E-state index in [9.17, 15) is 0 Å². The van der Waals surface area contributed by atoms with Crippen molar-refractivity contribution in [2.45, 2.75) is 38.9 Å². The van der Waals surface area contributed by atoms with E-state index < -0.39 is 0 Å². The summed E-state index contributed by atoms with van der Waals surface area (Å²) in [4.78, 5) is 0.698. The van der Waals surface area contributed by atoms with Crippen molar-refractivity contribution in [2.24, 2.45) is 0 Å². The van der Waals surface area contributed by atoms with Crippen LogP contribution < -0.4 is 0 Å². The van der Waals surface area contributed by atoms with E-state index in [2.05, 4.69) is 18.7 Å². The molecule has 106 valence electrons. The molecular formula is C14H18BNO2S2. The summed E-state index contributed by atoms with van der Waals surface area (Å²) < 4.78 is 12.0. The smallest absolute Gasteiger partial charge is 0.400 e. The number of thiophene rings is 1. The normalized spacial score (nSPS) is 21.0. The number of thiol groups is 1. The molecule has 0 bridgehead atoms. The van der Waals surface area contributed by atoms with E-state index in [-0.39, 0.29) is 18.3 Å². The molecule has 1 aliphatic heterocycles. The van der Waals surface area contributed by atoms with E-state index in [1.165, 1.54) is 11.3 Å². The van der Waals surface area contributed by atoms with Crippen molar-refractivity contribution in [3.8, 4) is 6.07 Å². The Balaban J connectivity index is 2.24. The third-order valence-corrected chi connectivity index (χ3v) is 5.04. The van der Waals surface area contributed by atoms with Gasteiger partial charge in [-0.15, -0.1) is 11.3 Å². The van der Waals surface area contributed by atoms with E-state index in [4.69, 9.17) is 14.6 Å². The van der Waals surface area contributed by atoms with Crippen LogP contribution in [0.2, 0.25) is 0 Å². The zero-order valence-electron chi connectivity index (χ0n) is 12.1. The fraction of sp³-hybridized carbons (Fsp3) is 0.500. The minimum atomic E-state index is -0.386. The third kappa shape index (κ3) is 2.96. The first-order valence-corrected chi connectivity index (χ1v) is 7.96. The van der Waals surface area contributed by atoms with Gasteiger partial charge in [-0.2, -0.15) is 17.9 Å². The highest BCUT2D eigenvalue weighted by molar-refractivity contribution is 7.80. The molecule has 6 heteroatoms. The van der Waals surface area contributed by atoms with Crippen molar-refractivity contribution >= 4 is 37.2 Å². The van der Waals surface area contributed by atoms with Crippen LogP contribution in [0.4, 0.5) is 0 Å². The Labute approximate surface area is 130 Å². The highest BCUT2D eigenvalue weighted by Crippen LogP contribution is 2.39. The molecule has 0 aliphatic carbocycles. The number of hydrogen-bond acceptors (Lipinski definition) is 5. The fourth-order valence-corrected chi connectivity index (χ4v) is 2.78. The summed E-state index contributed by atoms with van der Waals surface area (Å²) >= 11 is 5.81. The van der Waals surface area contributed by atoms with Crippen LogP contribution in [-0.2, 0) is 9.31 Å². The number of nitrogens with zero attached hydrogens (tertiary/aromatic N) is 1. The van der Waals surface area contributed by atoms with Crippen LogP contribution >= 0.6 is 24.0 Å². The Bertz CT molecular complexity index is 556. The first-order chi connectivity index (χ1) is 9.29. The highest BCUT2D eigenvalue weighted by atomic mass is 32.1. The average molecular weight is 307 g/mol. The van der Waals surface area contributed by atoms with Crippen LogP contribution in [0.3, 0.4) is 0 Å².